The molecule has 1 fully saturated rings. The van der Waals surface area contributed by atoms with Crippen LogP contribution < -0.4 is 10.6 Å². The van der Waals surface area contributed by atoms with Crippen molar-refractivity contribution in [1.29, 1.82) is 0 Å². The van der Waals surface area contributed by atoms with Crippen molar-refractivity contribution in [1.82, 2.24) is 10.2 Å². The first-order chi connectivity index (χ1) is 14.7. The number of benzene rings is 3. The van der Waals surface area contributed by atoms with Crippen molar-refractivity contribution in [2.24, 2.45) is 0 Å². The maximum absolute atomic E-state index is 11.5. The molecule has 1 heterocycles. The van der Waals surface area contributed by atoms with Crippen LogP contribution in [0.1, 0.15) is 49.7 Å². The lowest BCUT2D eigenvalue weighted by atomic mass is 9.81. The average molecular weight is 399 g/mol. The number of amides is 2. The van der Waals surface area contributed by atoms with E-state index in [-0.39, 0.29) is 6.03 Å². The van der Waals surface area contributed by atoms with Gasteiger partial charge in [-0.25, -0.2) is 4.79 Å². The molecule has 2 amide bonds. The number of nitrogens with zero attached hydrogens (tertiary/aromatic N) is 2. The molecule has 153 valence electrons. The zero-order chi connectivity index (χ0) is 20.5. The van der Waals surface area contributed by atoms with Crippen molar-refractivity contribution in [2.45, 2.75) is 51.1 Å². The monoisotopic (exact) mass is 398 g/mol. The molecule has 4 nitrogen and oxygen atoms in total. The van der Waals surface area contributed by atoms with Crippen molar-refractivity contribution in [3.05, 3.63) is 71.8 Å². The average Bonchev–Trinajstić information content (AvgIpc) is 3.16. The van der Waals surface area contributed by atoms with Gasteiger partial charge in [0, 0.05) is 12.6 Å². The lowest BCUT2D eigenvalue weighted by Crippen LogP contribution is -2.37. The first-order valence-corrected chi connectivity index (χ1v) is 11.1. The number of anilines is 1. The molecule has 0 atom stereocenters. The molecule has 1 aliphatic heterocycles. The number of urea groups is 1. The third-order valence-corrected chi connectivity index (χ3v) is 6.78. The summed E-state index contributed by atoms with van der Waals surface area (Å²) in [5.41, 5.74) is 4.36. The minimum Gasteiger partial charge on any atom is -0.304 e. The number of hydrogen-bond donors (Lipinski definition) is 1. The Hall–Kier alpha value is -2.85. The van der Waals surface area contributed by atoms with Crippen molar-refractivity contribution in [3.8, 4) is 0 Å². The molecule has 3 aromatic carbocycles. The summed E-state index contributed by atoms with van der Waals surface area (Å²) in [4.78, 5) is 14.1. The highest BCUT2D eigenvalue weighted by atomic mass is 16.2. The minimum atomic E-state index is -0.252. The van der Waals surface area contributed by atoms with E-state index in [2.05, 4.69) is 77.1 Å². The molecule has 0 aromatic heterocycles. The van der Waals surface area contributed by atoms with Gasteiger partial charge in [0.05, 0.1) is 11.4 Å². The van der Waals surface area contributed by atoms with Gasteiger partial charge in [-0.05, 0) is 78.2 Å². The predicted molar refractivity (Wildman–Crippen MR) is 122 cm³/mol. The molecule has 1 radical (unpaired) electrons. The van der Waals surface area contributed by atoms with Gasteiger partial charge in [0.25, 0.3) is 0 Å². The molecule has 0 bridgehead atoms. The number of carbonyl (C=O) groups is 1. The number of nitrogens with one attached hydrogen (secondary N) is 1. The van der Waals surface area contributed by atoms with E-state index >= 15 is 0 Å². The molecule has 30 heavy (non-hydrogen) atoms. The van der Waals surface area contributed by atoms with Crippen molar-refractivity contribution in [3.63, 3.8) is 0 Å². The quantitative estimate of drug-likeness (QED) is 0.559. The molecule has 2 aliphatic rings. The highest BCUT2D eigenvalue weighted by molar-refractivity contribution is 6.02. The van der Waals surface area contributed by atoms with E-state index in [1.54, 1.807) is 0 Å². The van der Waals surface area contributed by atoms with Gasteiger partial charge in [-0.1, -0.05) is 49.4 Å². The first kappa shape index (κ1) is 19.1. The summed E-state index contributed by atoms with van der Waals surface area (Å²) in [7, 11) is 0. The highest BCUT2D eigenvalue weighted by Crippen LogP contribution is 2.38. The number of hydrogen-bond acceptors (Lipinski definition) is 2. The summed E-state index contributed by atoms with van der Waals surface area (Å²) in [6, 6.07) is 22.1. The van der Waals surface area contributed by atoms with Crippen LogP contribution in [0.2, 0.25) is 0 Å². The number of carbonyl (C=O) groups excluding carboxylic acids is 1. The van der Waals surface area contributed by atoms with Gasteiger partial charge in [0.2, 0.25) is 0 Å². The van der Waals surface area contributed by atoms with Gasteiger partial charge in [0.1, 0.15) is 0 Å². The Kier molecular flexibility index (Phi) is 5.17. The molecule has 1 aliphatic carbocycles. The summed E-state index contributed by atoms with van der Waals surface area (Å²) < 4.78 is 0. The van der Waals surface area contributed by atoms with Gasteiger partial charge >= 0.3 is 6.03 Å². The molecule has 4 heteroatoms. The number of fused-ring (bicyclic) bond motifs is 2. The molecule has 1 saturated carbocycles. The van der Waals surface area contributed by atoms with Crippen LogP contribution in [0.4, 0.5) is 16.2 Å². The molecule has 3 aromatic rings. The molecular formula is C26H28N3O. The molecule has 0 spiro atoms. The van der Waals surface area contributed by atoms with Crippen LogP contribution in [0.3, 0.4) is 0 Å². The Morgan fingerprint density at radius 3 is 2.57 bits per heavy atom. The van der Waals surface area contributed by atoms with E-state index < -0.39 is 0 Å². The number of rotatable bonds is 5. The maximum Gasteiger partial charge on any atom is 0.346 e. The predicted octanol–water partition coefficient (Wildman–Crippen LogP) is 6.17. The van der Waals surface area contributed by atoms with Crippen LogP contribution >= 0.6 is 0 Å². The molecular weight excluding hydrogens is 370 g/mol. The zero-order valence-corrected chi connectivity index (χ0v) is 17.5. The van der Waals surface area contributed by atoms with E-state index in [9.17, 15) is 4.79 Å². The van der Waals surface area contributed by atoms with Gasteiger partial charge < -0.3 is 5.32 Å². The Morgan fingerprint density at radius 1 is 0.967 bits per heavy atom. The topological polar surface area (TPSA) is 46.4 Å². The van der Waals surface area contributed by atoms with E-state index in [0.29, 0.717) is 12.0 Å². The largest absolute Gasteiger partial charge is 0.346 e. The SMILES string of the molecule is CCN(Cc1ccc2ccccc2c1)C1CCC(c2ccc3c(c2)[N]C(=O)N3)CC1. The van der Waals surface area contributed by atoms with E-state index in [4.69, 9.17) is 0 Å². The van der Waals surface area contributed by atoms with Crippen molar-refractivity contribution in [2.75, 3.05) is 11.9 Å². The minimum absolute atomic E-state index is 0.252. The standard InChI is InChI=1S/C26H28N3O/c1-2-29(17-18-7-8-19-5-3-4-6-21(19)15-18)23-12-9-20(10-13-23)22-11-14-24-25(16-22)28-26(30)27-24/h3-8,11,14-16,20,23H,2,9-10,12-13,17H2,1H3,(H,27,30). The molecule has 1 N–H and O–H groups in total. The fraction of sp³-hybridized carbons (Fsp3) is 0.346. The summed E-state index contributed by atoms with van der Waals surface area (Å²) in [5, 5.41) is 9.49. The second-order valence-electron chi connectivity index (χ2n) is 8.57. The smallest absolute Gasteiger partial charge is 0.304 e. The normalized spacial score (nSPS) is 20.8. The third kappa shape index (κ3) is 3.80. The Labute approximate surface area is 178 Å². The van der Waals surface area contributed by atoms with Crippen LogP contribution in [-0.4, -0.2) is 23.5 Å². The second kappa shape index (κ2) is 8.11. The zero-order valence-electron chi connectivity index (χ0n) is 17.5. The van der Waals surface area contributed by atoms with Crippen LogP contribution in [0.5, 0.6) is 0 Å². The highest BCUT2D eigenvalue weighted by Gasteiger charge is 2.27. The van der Waals surface area contributed by atoms with Crippen LogP contribution in [-0.2, 0) is 6.54 Å². The van der Waals surface area contributed by atoms with Crippen LogP contribution in [0.25, 0.3) is 10.8 Å². The summed E-state index contributed by atoms with van der Waals surface area (Å²) in [5.74, 6) is 0.567. The summed E-state index contributed by atoms with van der Waals surface area (Å²) in [6.45, 7) is 4.37. The van der Waals surface area contributed by atoms with Gasteiger partial charge in [-0.15, -0.1) is 0 Å². The van der Waals surface area contributed by atoms with Gasteiger partial charge in [0.15, 0.2) is 0 Å². The fourth-order valence-electron chi connectivity index (χ4n) is 5.10. The van der Waals surface area contributed by atoms with Gasteiger partial charge in [-0.3, -0.25) is 4.90 Å². The van der Waals surface area contributed by atoms with Crippen LogP contribution in [0.15, 0.2) is 60.7 Å². The van der Waals surface area contributed by atoms with E-state index in [0.717, 1.165) is 24.5 Å². The van der Waals surface area contributed by atoms with E-state index in [1.807, 2.05) is 6.07 Å². The second-order valence-corrected chi connectivity index (χ2v) is 8.57. The molecule has 5 rings (SSSR count). The Balaban J connectivity index is 1.23. The Bertz CT molecular complexity index is 1070. The lowest BCUT2D eigenvalue weighted by Gasteiger charge is -2.36. The fourth-order valence-corrected chi connectivity index (χ4v) is 5.10. The molecule has 0 saturated heterocycles. The molecule has 0 unspecified atom stereocenters. The van der Waals surface area contributed by atoms with Gasteiger partial charge in [-0.2, -0.15) is 5.32 Å². The van der Waals surface area contributed by atoms with Crippen LogP contribution in [0, 0.1) is 0 Å². The summed E-state index contributed by atoms with van der Waals surface area (Å²) in [6.07, 6.45) is 4.83. The van der Waals surface area contributed by atoms with E-state index in [1.165, 1.54) is 47.6 Å². The first-order valence-electron chi connectivity index (χ1n) is 11.1. The third-order valence-electron chi connectivity index (χ3n) is 6.78. The lowest BCUT2D eigenvalue weighted by molar-refractivity contribution is 0.149. The maximum atomic E-state index is 11.5. The summed E-state index contributed by atoms with van der Waals surface area (Å²) >= 11 is 0. The van der Waals surface area contributed by atoms with Crippen molar-refractivity contribution < 1.29 is 4.79 Å². The Morgan fingerprint density at radius 2 is 1.77 bits per heavy atom. The van der Waals surface area contributed by atoms with Crippen molar-refractivity contribution >= 4 is 28.2 Å².